The van der Waals surface area contributed by atoms with Crippen LogP contribution in [-0.4, -0.2) is 54.9 Å². The zero-order valence-corrected chi connectivity index (χ0v) is 15.4. The average molecular weight is 400 g/mol. The Labute approximate surface area is 155 Å². The van der Waals surface area contributed by atoms with Crippen LogP contribution in [0, 0.1) is 11.5 Å². The van der Waals surface area contributed by atoms with E-state index < -0.39 is 38.2 Å². The van der Waals surface area contributed by atoms with Gasteiger partial charge in [0.2, 0.25) is 15.8 Å². The molecule has 2 heterocycles. The lowest BCUT2D eigenvalue weighted by Crippen LogP contribution is -2.55. The number of halogens is 2. The number of ether oxygens (including phenoxy) is 1. The van der Waals surface area contributed by atoms with Gasteiger partial charge in [-0.15, -0.1) is 0 Å². The van der Waals surface area contributed by atoms with Crippen LogP contribution in [0.25, 0.3) is 0 Å². The minimum absolute atomic E-state index is 0.215. The van der Waals surface area contributed by atoms with E-state index in [-0.39, 0.29) is 17.3 Å². The topological polar surface area (TPSA) is 115 Å². The molecule has 0 bridgehead atoms. The normalized spacial score (nSPS) is 24.0. The van der Waals surface area contributed by atoms with E-state index in [1.807, 2.05) is 0 Å². The Morgan fingerprint density at radius 1 is 1.48 bits per heavy atom. The van der Waals surface area contributed by atoms with Crippen LogP contribution in [-0.2, 0) is 9.84 Å². The monoisotopic (exact) mass is 400 g/mol. The predicted octanol–water partition coefficient (Wildman–Crippen LogP) is 0.998. The van der Waals surface area contributed by atoms with Crippen molar-refractivity contribution in [3.8, 4) is 11.9 Å². The molecule has 2 N–H and O–H groups in total. The van der Waals surface area contributed by atoms with Crippen molar-refractivity contribution < 1.29 is 27.0 Å². The van der Waals surface area contributed by atoms with E-state index in [0.29, 0.717) is 13.1 Å². The summed E-state index contributed by atoms with van der Waals surface area (Å²) in [6.45, 7) is 4.02. The molecule has 146 valence electrons. The number of fused-ring (bicyclic) bond motifs is 1. The zero-order chi connectivity index (χ0) is 20.0. The van der Waals surface area contributed by atoms with Crippen LogP contribution >= 0.6 is 0 Å². The molecule has 0 radical (unpaired) electrons. The molecule has 0 fully saturated rings. The van der Waals surface area contributed by atoms with Gasteiger partial charge in [-0.3, -0.25) is 10.3 Å². The number of nitrogens with zero attached hydrogens (tertiary/aromatic N) is 3. The number of nitriles is 1. The molecule has 2 aliphatic heterocycles. The number of hydrogen-bond acceptors (Lipinski definition) is 8. The van der Waals surface area contributed by atoms with E-state index in [1.54, 1.807) is 24.9 Å². The van der Waals surface area contributed by atoms with Gasteiger partial charge in [0, 0.05) is 12.1 Å². The second-order valence-electron chi connectivity index (χ2n) is 6.74. The van der Waals surface area contributed by atoms with Gasteiger partial charge in [-0.2, -0.15) is 14.0 Å². The molecule has 0 saturated carbocycles. The SMILES string of the molecule is CC1(C)Oc2ccc(S(=O)(=O)C(F)F)cc2C(N2CCN=C2NC#N)C1O. The van der Waals surface area contributed by atoms with Gasteiger partial charge in [-0.05, 0) is 32.0 Å². The molecule has 0 aliphatic carbocycles. The lowest BCUT2D eigenvalue weighted by atomic mass is 9.85. The Bertz CT molecular complexity index is 927. The molecule has 2 atom stereocenters. The Morgan fingerprint density at radius 3 is 2.81 bits per heavy atom. The maximum atomic E-state index is 12.9. The first kappa shape index (κ1) is 19.3. The van der Waals surface area contributed by atoms with E-state index in [9.17, 15) is 22.3 Å². The van der Waals surface area contributed by atoms with E-state index in [2.05, 4.69) is 10.3 Å². The summed E-state index contributed by atoms with van der Waals surface area (Å²) in [7, 11) is -4.81. The summed E-state index contributed by atoms with van der Waals surface area (Å²) >= 11 is 0. The van der Waals surface area contributed by atoms with Crippen molar-refractivity contribution in [1.29, 1.82) is 5.26 Å². The highest BCUT2D eigenvalue weighted by Gasteiger charge is 2.47. The van der Waals surface area contributed by atoms with E-state index in [0.717, 1.165) is 12.1 Å². The molecule has 0 spiro atoms. The Hall–Kier alpha value is -2.45. The second-order valence-corrected chi connectivity index (χ2v) is 8.65. The largest absolute Gasteiger partial charge is 0.485 e. The molecule has 27 heavy (non-hydrogen) atoms. The quantitative estimate of drug-likeness (QED) is 0.574. The Balaban J connectivity index is 2.14. The van der Waals surface area contributed by atoms with E-state index >= 15 is 0 Å². The summed E-state index contributed by atoms with van der Waals surface area (Å²) < 4.78 is 55.4. The Kier molecular flexibility index (Phi) is 4.73. The first-order valence-electron chi connectivity index (χ1n) is 8.09. The van der Waals surface area contributed by atoms with E-state index in [1.165, 1.54) is 6.07 Å². The number of aliphatic hydroxyl groups excluding tert-OH is 1. The Morgan fingerprint density at radius 2 is 2.19 bits per heavy atom. The first-order chi connectivity index (χ1) is 12.6. The number of sulfone groups is 1. The molecule has 1 aromatic rings. The number of rotatable bonds is 3. The van der Waals surface area contributed by atoms with Crippen molar-refractivity contribution in [3.05, 3.63) is 23.8 Å². The van der Waals surface area contributed by atoms with Crippen LogP contribution in [0.15, 0.2) is 28.1 Å². The summed E-state index contributed by atoms with van der Waals surface area (Å²) in [6.07, 6.45) is 0.618. The number of benzene rings is 1. The van der Waals surface area contributed by atoms with Gasteiger partial charge in [0.25, 0.3) is 0 Å². The number of hydrogen-bond donors (Lipinski definition) is 2. The van der Waals surface area contributed by atoms with Crippen molar-refractivity contribution in [1.82, 2.24) is 10.2 Å². The predicted molar refractivity (Wildman–Crippen MR) is 90.8 cm³/mol. The molecule has 11 heteroatoms. The molecular formula is C16H18F2N4O4S. The standard InChI is InChI=1S/C16H18F2N4O4S/c1-16(2)13(23)12(22-6-5-20-15(22)21-8-19)10-7-9(3-4-11(10)26-16)27(24,25)14(17)18/h3-4,7,12-14,23H,5-6H2,1-2H3,(H,20,21). The van der Waals surface area contributed by atoms with Gasteiger partial charge in [0.1, 0.15) is 17.5 Å². The average Bonchev–Trinajstić information content (AvgIpc) is 3.03. The minimum atomic E-state index is -4.81. The summed E-state index contributed by atoms with van der Waals surface area (Å²) in [4.78, 5) is 5.20. The third-order valence-corrected chi connectivity index (χ3v) is 6.01. The number of guanidine groups is 1. The van der Waals surface area contributed by atoms with Crippen molar-refractivity contribution in [3.63, 3.8) is 0 Å². The zero-order valence-electron chi connectivity index (χ0n) is 14.6. The van der Waals surface area contributed by atoms with Crippen LogP contribution in [0.3, 0.4) is 0 Å². The van der Waals surface area contributed by atoms with Gasteiger partial charge in [0.05, 0.1) is 17.5 Å². The van der Waals surface area contributed by atoms with Gasteiger partial charge in [-0.1, -0.05) is 0 Å². The summed E-state index contributed by atoms with van der Waals surface area (Å²) in [5.74, 6) is -3.08. The van der Waals surface area contributed by atoms with Gasteiger partial charge < -0.3 is 14.7 Å². The first-order valence-corrected chi connectivity index (χ1v) is 9.63. The van der Waals surface area contributed by atoms with Crippen molar-refractivity contribution in [2.75, 3.05) is 13.1 Å². The van der Waals surface area contributed by atoms with Crippen LogP contribution in [0.5, 0.6) is 5.75 Å². The van der Waals surface area contributed by atoms with Crippen LogP contribution in [0.2, 0.25) is 0 Å². The van der Waals surface area contributed by atoms with Crippen molar-refractivity contribution >= 4 is 15.8 Å². The number of aliphatic hydroxyl groups is 1. The lowest BCUT2D eigenvalue weighted by molar-refractivity contribution is -0.0806. The molecule has 0 amide bonds. The molecule has 8 nitrogen and oxygen atoms in total. The van der Waals surface area contributed by atoms with Crippen molar-refractivity contribution in [2.24, 2.45) is 4.99 Å². The van der Waals surface area contributed by atoms with Crippen LogP contribution < -0.4 is 10.1 Å². The number of alkyl halides is 2. The molecule has 0 aromatic heterocycles. The highest BCUT2D eigenvalue weighted by atomic mass is 32.2. The second kappa shape index (κ2) is 6.61. The van der Waals surface area contributed by atoms with Crippen molar-refractivity contribution in [2.45, 2.75) is 42.2 Å². The number of nitrogens with one attached hydrogen (secondary N) is 1. The fraction of sp³-hybridized carbons (Fsp3) is 0.500. The van der Waals surface area contributed by atoms with Gasteiger partial charge in [-0.25, -0.2) is 8.42 Å². The maximum Gasteiger partial charge on any atom is 0.341 e. The highest BCUT2D eigenvalue weighted by Crippen LogP contribution is 2.44. The molecule has 0 saturated heterocycles. The lowest BCUT2D eigenvalue weighted by Gasteiger charge is -2.45. The molecule has 2 unspecified atom stereocenters. The number of aliphatic imine (C=N–C) groups is 1. The molecule has 2 aliphatic rings. The summed E-state index contributed by atoms with van der Waals surface area (Å²) in [5.41, 5.74) is -0.806. The van der Waals surface area contributed by atoms with Gasteiger partial charge >= 0.3 is 5.76 Å². The van der Waals surface area contributed by atoms with Crippen LogP contribution in [0.4, 0.5) is 8.78 Å². The smallest absolute Gasteiger partial charge is 0.341 e. The molecular weight excluding hydrogens is 382 g/mol. The molecule has 3 rings (SSSR count). The summed E-state index contributed by atoms with van der Waals surface area (Å²) in [6, 6.07) is 2.61. The maximum absolute atomic E-state index is 12.9. The summed E-state index contributed by atoms with van der Waals surface area (Å²) in [5, 5.41) is 22.2. The third kappa shape index (κ3) is 3.19. The fourth-order valence-electron chi connectivity index (χ4n) is 3.26. The van der Waals surface area contributed by atoms with Gasteiger partial charge in [0.15, 0.2) is 6.19 Å². The molecule has 1 aromatic carbocycles. The fourth-order valence-corrected chi connectivity index (χ4v) is 4.01. The highest BCUT2D eigenvalue weighted by molar-refractivity contribution is 7.91. The minimum Gasteiger partial charge on any atom is -0.485 e. The van der Waals surface area contributed by atoms with Crippen LogP contribution in [0.1, 0.15) is 25.5 Å². The van der Waals surface area contributed by atoms with E-state index in [4.69, 9.17) is 10.00 Å². The third-order valence-electron chi connectivity index (χ3n) is 4.63.